The van der Waals surface area contributed by atoms with Crippen molar-refractivity contribution in [3.05, 3.63) is 64.9 Å². The third-order valence-corrected chi connectivity index (χ3v) is 5.78. The molecule has 3 aromatic rings. The SMILES string of the molecule is CC(C)c1cc(C(F)(F)F)n2nc([C@H]3CCCN(C(=O)Cc4cccc(F)c4)C3)cc2n1. The lowest BCUT2D eigenvalue weighted by Gasteiger charge is -2.32. The number of rotatable bonds is 4. The fourth-order valence-electron chi connectivity index (χ4n) is 4.09. The third-order valence-electron chi connectivity index (χ3n) is 5.78. The summed E-state index contributed by atoms with van der Waals surface area (Å²) in [6.07, 6.45) is -3.06. The van der Waals surface area contributed by atoms with Crippen LogP contribution in [-0.2, 0) is 17.4 Å². The van der Waals surface area contributed by atoms with Crippen molar-refractivity contribution in [1.82, 2.24) is 19.5 Å². The van der Waals surface area contributed by atoms with Crippen LogP contribution in [0.25, 0.3) is 5.65 Å². The number of amides is 1. The van der Waals surface area contributed by atoms with E-state index in [1.807, 2.05) is 0 Å². The Hall–Kier alpha value is -2.97. The monoisotopic (exact) mass is 448 g/mol. The van der Waals surface area contributed by atoms with E-state index in [9.17, 15) is 22.4 Å². The third kappa shape index (κ3) is 4.61. The summed E-state index contributed by atoms with van der Waals surface area (Å²) in [6.45, 7) is 4.50. The van der Waals surface area contributed by atoms with Crippen LogP contribution < -0.4 is 0 Å². The molecule has 170 valence electrons. The minimum Gasteiger partial charge on any atom is -0.342 e. The lowest BCUT2D eigenvalue weighted by Crippen LogP contribution is -2.40. The zero-order valence-electron chi connectivity index (χ0n) is 17.9. The number of hydrogen-bond donors (Lipinski definition) is 0. The number of fused-ring (bicyclic) bond motifs is 1. The van der Waals surface area contributed by atoms with E-state index < -0.39 is 17.7 Å². The van der Waals surface area contributed by atoms with Gasteiger partial charge in [-0.15, -0.1) is 0 Å². The lowest BCUT2D eigenvalue weighted by atomic mass is 9.94. The fraction of sp³-hybridized carbons (Fsp3) is 0.435. The molecule has 1 aromatic carbocycles. The van der Waals surface area contributed by atoms with Crippen LogP contribution in [0.4, 0.5) is 17.6 Å². The number of halogens is 4. The highest BCUT2D eigenvalue weighted by molar-refractivity contribution is 5.79. The Morgan fingerprint density at radius 3 is 2.69 bits per heavy atom. The predicted octanol–water partition coefficient (Wildman–Crippen LogP) is 4.96. The van der Waals surface area contributed by atoms with E-state index in [1.165, 1.54) is 12.1 Å². The maximum Gasteiger partial charge on any atom is 0.433 e. The molecule has 9 heteroatoms. The molecular weight excluding hydrogens is 424 g/mol. The first-order chi connectivity index (χ1) is 15.1. The van der Waals surface area contributed by atoms with Crippen molar-refractivity contribution in [1.29, 1.82) is 0 Å². The quantitative estimate of drug-likeness (QED) is 0.530. The zero-order chi connectivity index (χ0) is 23.0. The van der Waals surface area contributed by atoms with Gasteiger partial charge in [-0.2, -0.15) is 18.3 Å². The first-order valence-electron chi connectivity index (χ1n) is 10.6. The van der Waals surface area contributed by atoms with E-state index >= 15 is 0 Å². The van der Waals surface area contributed by atoms with Gasteiger partial charge in [0.2, 0.25) is 5.91 Å². The topological polar surface area (TPSA) is 50.5 Å². The van der Waals surface area contributed by atoms with Gasteiger partial charge in [-0.1, -0.05) is 26.0 Å². The van der Waals surface area contributed by atoms with Crippen LogP contribution in [0.3, 0.4) is 0 Å². The largest absolute Gasteiger partial charge is 0.433 e. The van der Waals surface area contributed by atoms with Gasteiger partial charge in [0.1, 0.15) is 11.5 Å². The number of carbonyl (C=O) groups excluding carboxylic acids is 1. The molecule has 1 atom stereocenters. The number of carbonyl (C=O) groups is 1. The molecule has 1 amide bonds. The molecule has 0 aliphatic carbocycles. The second-order valence-electron chi connectivity index (χ2n) is 8.54. The van der Waals surface area contributed by atoms with Gasteiger partial charge >= 0.3 is 6.18 Å². The van der Waals surface area contributed by atoms with Gasteiger partial charge in [-0.3, -0.25) is 4.79 Å². The fourth-order valence-corrected chi connectivity index (χ4v) is 4.09. The Kier molecular flexibility index (Phi) is 5.92. The van der Waals surface area contributed by atoms with Crippen molar-refractivity contribution >= 4 is 11.6 Å². The Morgan fingerprint density at radius 1 is 1.22 bits per heavy atom. The summed E-state index contributed by atoms with van der Waals surface area (Å²) in [4.78, 5) is 18.8. The Balaban J connectivity index is 1.59. The van der Waals surface area contributed by atoms with Crippen molar-refractivity contribution in [3.63, 3.8) is 0 Å². The number of benzene rings is 1. The molecule has 1 saturated heterocycles. The molecule has 0 unspecified atom stereocenters. The number of nitrogens with zero attached hydrogens (tertiary/aromatic N) is 4. The lowest BCUT2D eigenvalue weighted by molar-refractivity contribution is -0.142. The summed E-state index contributed by atoms with van der Waals surface area (Å²) in [5.41, 5.74) is 0.734. The summed E-state index contributed by atoms with van der Waals surface area (Å²) >= 11 is 0. The second-order valence-corrected chi connectivity index (χ2v) is 8.54. The van der Waals surface area contributed by atoms with Crippen molar-refractivity contribution < 1.29 is 22.4 Å². The van der Waals surface area contributed by atoms with Gasteiger partial charge in [0.05, 0.1) is 12.1 Å². The molecule has 1 fully saturated rings. The van der Waals surface area contributed by atoms with Gasteiger partial charge in [-0.25, -0.2) is 13.9 Å². The summed E-state index contributed by atoms with van der Waals surface area (Å²) < 4.78 is 55.2. The van der Waals surface area contributed by atoms with Crippen LogP contribution in [0.1, 0.15) is 61.2 Å². The summed E-state index contributed by atoms with van der Waals surface area (Å²) in [5, 5.41) is 4.24. The van der Waals surface area contributed by atoms with Crippen LogP contribution in [0.2, 0.25) is 0 Å². The van der Waals surface area contributed by atoms with Gasteiger partial charge < -0.3 is 4.90 Å². The normalized spacial score (nSPS) is 17.3. The Morgan fingerprint density at radius 2 is 2.00 bits per heavy atom. The van der Waals surface area contributed by atoms with Crippen LogP contribution in [-0.4, -0.2) is 38.5 Å². The van der Waals surface area contributed by atoms with Gasteiger partial charge in [0.25, 0.3) is 0 Å². The highest BCUT2D eigenvalue weighted by Crippen LogP contribution is 2.33. The average Bonchev–Trinajstić information content (AvgIpc) is 3.16. The molecule has 32 heavy (non-hydrogen) atoms. The molecular formula is C23H24F4N4O. The van der Waals surface area contributed by atoms with Crippen molar-refractivity contribution in [2.45, 2.75) is 51.1 Å². The molecule has 0 bridgehead atoms. The smallest absolute Gasteiger partial charge is 0.342 e. The van der Waals surface area contributed by atoms with Gasteiger partial charge in [0, 0.05) is 30.8 Å². The molecule has 0 saturated carbocycles. The maximum atomic E-state index is 13.6. The van der Waals surface area contributed by atoms with E-state index in [0.717, 1.165) is 10.6 Å². The van der Waals surface area contributed by atoms with Crippen LogP contribution in [0.5, 0.6) is 0 Å². The average molecular weight is 448 g/mol. The number of likely N-dealkylation sites (tertiary alicyclic amines) is 1. The molecule has 2 aromatic heterocycles. The number of piperidine rings is 1. The molecule has 1 aliphatic heterocycles. The van der Waals surface area contributed by atoms with Crippen LogP contribution in [0.15, 0.2) is 36.4 Å². The number of aromatic nitrogens is 3. The Labute approximate surface area is 183 Å². The minimum absolute atomic E-state index is 0.0766. The summed E-state index contributed by atoms with van der Waals surface area (Å²) in [7, 11) is 0. The first kappa shape index (κ1) is 22.2. The summed E-state index contributed by atoms with van der Waals surface area (Å²) in [6, 6.07) is 8.54. The van der Waals surface area contributed by atoms with Crippen LogP contribution >= 0.6 is 0 Å². The van der Waals surface area contributed by atoms with E-state index in [1.54, 1.807) is 36.9 Å². The zero-order valence-corrected chi connectivity index (χ0v) is 17.9. The van der Waals surface area contributed by atoms with Crippen LogP contribution in [0, 0.1) is 5.82 Å². The van der Waals surface area contributed by atoms with Crippen molar-refractivity contribution in [3.8, 4) is 0 Å². The molecule has 0 radical (unpaired) electrons. The van der Waals surface area contributed by atoms with Crippen molar-refractivity contribution in [2.75, 3.05) is 13.1 Å². The standard InChI is InChI=1S/C23H24F4N4O/c1-14(2)18-11-20(23(25,26)27)31-21(28-18)12-19(29-31)16-6-4-8-30(13-16)22(32)10-15-5-3-7-17(24)9-15/h3,5,7,9,11-12,14,16H,4,6,8,10,13H2,1-2H3/t16-/m0/s1. The van der Waals surface area contributed by atoms with E-state index in [4.69, 9.17) is 0 Å². The van der Waals surface area contributed by atoms with E-state index in [-0.39, 0.29) is 29.8 Å². The second kappa shape index (κ2) is 8.52. The molecule has 4 rings (SSSR count). The number of hydrogen-bond acceptors (Lipinski definition) is 3. The van der Waals surface area contributed by atoms with Gasteiger partial charge in [0.15, 0.2) is 5.65 Å². The maximum absolute atomic E-state index is 13.6. The first-order valence-corrected chi connectivity index (χ1v) is 10.6. The van der Waals surface area contributed by atoms with E-state index in [0.29, 0.717) is 42.9 Å². The predicted molar refractivity (Wildman–Crippen MR) is 111 cm³/mol. The molecule has 0 N–H and O–H groups in total. The molecule has 0 spiro atoms. The number of alkyl halides is 3. The summed E-state index contributed by atoms with van der Waals surface area (Å²) in [5.74, 6) is -0.888. The molecule has 5 nitrogen and oxygen atoms in total. The Bertz CT molecular complexity index is 1140. The highest BCUT2D eigenvalue weighted by atomic mass is 19.4. The van der Waals surface area contributed by atoms with E-state index in [2.05, 4.69) is 10.1 Å². The molecule has 3 heterocycles. The highest BCUT2D eigenvalue weighted by Gasteiger charge is 2.36. The minimum atomic E-state index is -4.56. The molecule has 1 aliphatic rings. The van der Waals surface area contributed by atoms with Gasteiger partial charge in [-0.05, 0) is 42.5 Å². The van der Waals surface area contributed by atoms with Crippen molar-refractivity contribution in [2.24, 2.45) is 0 Å².